The Hall–Kier alpha value is -2.01. The molecule has 0 aliphatic rings. The molecular formula is C15H18ClN3O2. The molecule has 0 atom stereocenters. The minimum Gasteiger partial charge on any atom is -0.361 e. The van der Waals surface area contributed by atoms with Crippen molar-refractivity contribution in [3.8, 4) is 0 Å². The number of aromatic nitrogens is 1. The van der Waals surface area contributed by atoms with Crippen LogP contribution in [0.5, 0.6) is 0 Å². The van der Waals surface area contributed by atoms with Gasteiger partial charge >= 0.3 is 6.03 Å². The summed E-state index contributed by atoms with van der Waals surface area (Å²) in [5, 5.41) is 7.43. The summed E-state index contributed by atoms with van der Waals surface area (Å²) >= 11 is 5.92. The number of halogens is 1. The molecule has 1 aromatic heterocycles. The first kappa shape index (κ1) is 15.4. The molecule has 2 rings (SSSR count). The summed E-state index contributed by atoms with van der Waals surface area (Å²) in [5.41, 5.74) is 1.83. The highest BCUT2D eigenvalue weighted by Crippen LogP contribution is 2.10. The van der Waals surface area contributed by atoms with Crippen molar-refractivity contribution in [2.24, 2.45) is 0 Å². The van der Waals surface area contributed by atoms with E-state index < -0.39 is 0 Å². The minimum atomic E-state index is -0.141. The van der Waals surface area contributed by atoms with Crippen LogP contribution in [0.1, 0.15) is 17.0 Å². The Morgan fingerprint density at radius 3 is 2.90 bits per heavy atom. The van der Waals surface area contributed by atoms with Crippen LogP contribution < -0.4 is 5.32 Å². The first-order chi connectivity index (χ1) is 10.0. The van der Waals surface area contributed by atoms with E-state index in [4.69, 9.17) is 16.1 Å². The van der Waals surface area contributed by atoms with Gasteiger partial charge in [0.05, 0.1) is 6.54 Å². The Bertz CT molecular complexity index is 612. The van der Waals surface area contributed by atoms with Crippen LogP contribution in [0.2, 0.25) is 5.02 Å². The number of carbonyl (C=O) groups excluding carboxylic acids is 1. The van der Waals surface area contributed by atoms with Gasteiger partial charge in [-0.05, 0) is 31.0 Å². The van der Waals surface area contributed by atoms with E-state index in [1.165, 1.54) is 0 Å². The van der Waals surface area contributed by atoms with Gasteiger partial charge in [0.15, 0.2) is 0 Å². The largest absolute Gasteiger partial charge is 0.361 e. The molecule has 0 spiro atoms. The van der Waals surface area contributed by atoms with E-state index in [1.807, 2.05) is 37.3 Å². The van der Waals surface area contributed by atoms with Gasteiger partial charge in [0, 0.05) is 24.7 Å². The lowest BCUT2D eigenvalue weighted by molar-refractivity contribution is 0.205. The predicted octanol–water partition coefficient (Wildman–Crippen LogP) is 3.02. The number of hydrogen-bond donors (Lipinski definition) is 1. The summed E-state index contributed by atoms with van der Waals surface area (Å²) in [7, 11) is 1.72. The number of carbonyl (C=O) groups is 1. The first-order valence-electron chi connectivity index (χ1n) is 6.70. The summed E-state index contributed by atoms with van der Waals surface area (Å²) in [6, 6.07) is 9.29. The van der Waals surface area contributed by atoms with E-state index >= 15 is 0 Å². The molecule has 0 aliphatic carbocycles. The summed E-state index contributed by atoms with van der Waals surface area (Å²) in [5.74, 6) is 0.736. The number of rotatable bonds is 5. The van der Waals surface area contributed by atoms with Crippen LogP contribution in [0.25, 0.3) is 0 Å². The molecule has 0 unspecified atom stereocenters. The van der Waals surface area contributed by atoms with Crippen LogP contribution >= 0.6 is 11.6 Å². The van der Waals surface area contributed by atoms with Crippen LogP contribution in [0.3, 0.4) is 0 Å². The highest BCUT2D eigenvalue weighted by atomic mass is 35.5. The molecule has 0 bridgehead atoms. The topological polar surface area (TPSA) is 58.4 Å². The van der Waals surface area contributed by atoms with Gasteiger partial charge in [-0.3, -0.25) is 0 Å². The second kappa shape index (κ2) is 7.13. The van der Waals surface area contributed by atoms with Crippen LogP contribution in [-0.2, 0) is 13.0 Å². The Kier molecular flexibility index (Phi) is 5.22. The third-order valence-corrected chi connectivity index (χ3v) is 3.24. The van der Waals surface area contributed by atoms with E-state index in [0.717, 1.165) is 23.4 Å². The molecule has 2 amide bonds. The van der Waals surface area contributed by atoms with Crippen molar-refractivity contribution in [3.63, 3.8) is 0 Å². The summed E-state index contributed by atoms with van der Waals surface area (Å²) < 4.78 is 4.97. The van der Waals surface area contributed by atoms with Crippen LogP contribution in [0, 0.1) is 6.92 Å². The SMILES string of the molecule is Cc1cc(CN(C)C(=O)NCCc2cccc(Cl)c2)no1. The molecule has 0 saturated carbocycles. The third kappa shape index (κ3) is 4.79. The van der Waals surface area contributed by atoms with E-state index in [2.05, 4.69) is 10.5 Å². The molecule has 0 aliphatic heterocycles. The second-order valence-electron chi connectivity index (χ2n) is 4.90. The van der Waals surface area contributed by atoms with Gasteiger partial charge in [0.1, 0.15) is 11.5 Å². The van der Waals surface area contributed by atoms with Gasteiger partial charge in [-0.25, -0.2) is 4.79 Å². The van der Waals surface area contributed by atoms with Crippen molar-refractivity contribution in [1.82, 2.24) is 15.4 Å². The number of hydrogen-bond acceptors (Lipinski definition) is 3. The smallest absolute Gasteiger partial charge is 0.317 e. The van der Waals surface area contributed by atoms with Crippen LogP contribution in [-0.4, -0.2) is 29.7 Å². The molecule has 5 nitrogen and oxygen atoms in total. The van der Waals surface area contributed by atoms with Crippen LogP contribution in [0.4, 0.5) is 4.79 Å². The van der Waals surface area contributed by atoms with E-state index in [9.17, 15) is 4.79 Å². The Labute approximate surface area is 128 Å². The zero-order valence-electron chi connectivity index (χ0n) is 12.1. The zero-order valence-corrected chi connectivity index (χ0v) is 12.9. The Balaban J connectivity index is 1.76. The molecule has 112 valence electrons. The molecule has 0 saturated heterocycles. The molecule has 6 heteroatoms. The fourth-order valence-corrected chi connectivity index (χ4v) is 2.16. The Morgan fingerprint density at radius 1 is 1.43 bits per heavy atom. The molecule has 0 radical (unpaired) electrons. The number of amides is 2. The van der Waals surface area contributed by atoms with E-state index in [0.29, 0.717) is 18.1 Å². The van der Waals surface area contributed by atoms with Gasteiger partial charge in [-0.2, -0.15) is 0 Å². The van der Waals surface area contributed by atoms with Gasteiger partial charge < -0.3 is 14.7 Å². The maximum Gasteiger partial charge on any atom is 0.317 e. The van der Waals surface area contributed by atoms with Gasteiger partial charge in [-0.1, -0.05) is 28.9 Å². The number of benzene rings is 1. The van der Waals surface area contributed by atoms with Gasteiger partial charge in [-0.15, -0.1) is 0 Å². The quantitative estimate of drug-likeness (QED) is 0.923. The molecule has 0 fully saturated rings. The predicted molar refractivity (Wildman–Crippen MR) is 81.3 cm³/mol. The summed E-state index contributed by atoms with van der Waals surface area (Å²) in [6.07, 6.45) is 0.739. The standard InChI is InChI=1S/C15H18ClN3O2/c1-11-8-14(18-21-11)10-19(2)15(20)17-7-6-12-4-3-5-13(16)9-12/h3-5,8-9H,6-7,10H2,1-2H3,(H,17,20). The lowest BCUT2D eigenvalue weighted by Crippen LogP contribution is -2.37. The maximum atomic E-state index is 11.9. The monoisotopic (exact) mass is 307 g/mol. The number of nitrogens with one attached hydrogen (secondary N) is 1. The van der Waals surface area contributed by atoms with Crippen molar-refractivity contribution in [1.29, 1.82) is 0 Å². The Morgan fingerprint density at radius 2 is 2.24 bits per heavy atom. The van der Waals surface area contributed by atoms with Gasteiger partial charge in [0.2, 0.25) is 0 Å². The zero-order chi connectivity index (χ0) is 15.2. The lowest BCUT2D eigenvalue weighted by Gasteiger charge is -2.16. The normalized spacial score (nSPS) is 10.4. The maximum absolute atomic E-state index is 11.9. The number of aryl methyl sites for hydroxylation is 1. The second-order valence-corrected chi connectivity index (χ2v) is 5.33. The first-order valence-corrected chi connectivity index (χ1v) is 7.08. The van der Waals surface area contributed by atoms with Crippen molar-refractivity contribution in [3.05, 3.63) is 52.4 Å². The average Bonchev–Trinajstić information content (AvgIpc) is 2.84. The van der Waals surface area contributed by atoms with Crippen molar-refractivity contribution in [2.45, 2.75) is 19.9 Å². The third-order valence-electron chi connectivity index (χ3n) is 3.00. The molecule has 2 aromatic rings. The number of urea groups is 1. The lowest BCUT2D eigenvalue weighted by atomic mass is 10.1. The van der Waals surface area contributed by atoms with Crippen molar-refractivity contribution in [2.75, 3.05) is 13.6 Å². The van der Waals surface area contributed by atoms with E-state index in [-0.39, 0.29) is 6.03 Å². The van der Waals surface area contributed by atoms with Crippen LogP contribution in [0.15, 0.2) is 34.9 Å². The number of nitrogens with zero attached hydrogens (tertiary/aromatic N) is 2. The summed E-state index contributed by atoms with van der Waals surface area (Å²) in [4.78, 5) is 13.5. The summed E-state index contributed by atoms with van der Waals surface area (Å²) in [6.45, 7) is 2.79. The van der Waals surface area contributed by atoms with Crippen molar-refractivity contribution < 1.29 is 9.32 Å². The van der Waals surface area contributed by atoms with Gasteiger partial charge in [0.25, 0.3) is 0 Å². The average molecular weight is 308 g/mol. The minimum absolute atomic E-state index is 0.141. The molecule has 21 heavy (non-hydrogen) atoms. The molecule has 1 N–H and O–H groups in total. The van der Waals surface area contributed by atoms with Crippen molar-refractivity contribution >= 4 is 17.6 Å². The fraction of sp³-hybridized carbons (Fsp3) is 0.333. The molecule has 1 heterocycles. The fourth-order valence-electron chi connectivity index (χ4n) is 1.95. The van der Waals surface area contributed by atoms with E-state index in [1.54, 1.807) is 11.9 Å². The molecule has 1 aromatic carbocycles. The highest BCUT2D eigenvalue weighted by Gasteiger charge is 2.10. The highest BCUT2D eigenvalue weighted by molar-refractivity contribution is 6.30. The molecular weight excluding hydrogens is 290 g/mol.